The van der Waals surface area contributed by atoms with Gasteiger partial charge in [-0.15, -0.1) is 0 Å². The third kappa shape index (κ3) is 6.33. The molecule has 0 amide bonds. The molecule has 0 unspecified atom stereocenters. The van der Waals surface area contributed by atoms with Gasteiger partial charge >= 0.3 is 0 Å². The SMILES string of the molecule is CN=C(NCCCOCC1CC1)NCCN1CCc2ccccc2C1. The molecule has 0 bridgehead atoms. The van der Waals surface area contributed by atoms with Gasteiger partial charge in [-0.2, -0.15) is 0 Å². The van der Waals surface area contributed by atoms with Crippen LogP contribution in [-0.4, -0.2) is 57.3 Å². The molecule has 1 fully saturated rings. The first-order chi connectivity index (χ1) is 12.3. The van der Waals surface area contributed by atoms with Crippen LogP contribution in [0, 0.1) is 5.92 Å². The van der Waals surface area contributed by atoms with Crippen LogP contribution < -0.4 is 10.6 Å². The number of aliphatic imine (C=N–C) groups is 1. The van der Waals surface area contributed by atoms with Gasteiger partial charge < -0.3 is 15.4 Å². The molecule has 1 heterocycles. The van der Waals surface area contributed by atoms with Crippen LogP contribution in [0.3, 0.4) is 0 Å². The van der Waals surface area contributed by atoms with Crippen LogP contribution in [0.15, 0.2) is 29.3 Å². The van der Waals surface area contributed by atoms with Gasteiger partial charge in [-0.3, -0.25) is 9.89 Å². The van der Waals surface area contributed by atoms with E-state index in [1.54, 1.807) is 0 Å². The number of ether oxygens (including phenoxy) is 1. The van der Waals surface area contributed by atoms with Crippen molar-refractivity contribution in [2.24, 2.45) is 10.9 Å². The normalized spacial score (nSPS) is 18.0. The van der Waals surface area contributed by atoms with E-state index in [1.165, 1.54) is 24.0 Å². The van der Waals surface area contributed by atoms with Gasteiger partial charge in [0.15, 0.2) is 5.96 Å². The van der Waals surface area contributed by atoms with Crippen LogP contribution in [0.4, 0.5) is 0 Å². The third-order valence-corrected chi connectivity index (χ3v) is 4.96. The maximum Gasteiger partial charge on any atom is 0.191 e. The first kappa shape index (κ1) is 18.2. The van der Waals surface area contributed by atoms with E-state index in [0.717, 1.165) is 70.7 Å². The van der Waals surface area contributed by atoms with Crippen molar-refractivity contribution < 1.29 is 4.74 Å². The zero-order valence-corrected chi connectivity index (χ0v) is 15.5. The summed E-state index contributed by atoms with van der Waals surface area (Å²) in [6, 6.07) is 8.79. The number of fused-ring (bicyclic) bond motifs is 1. The van der Waals surface area contributed by atoms with Gasteiger partial charge in [0.25, 0.3) is 0 Å². The Kier molecular flexibility index (Phi) is 7.12. The fourth-order valence-electron chi connectivity index (χ4n) is 3.21. The number of rotatable bonds is 9. The van der Waals surface area contributed by atoms with E-state index in [9.17, 15) is 0 Å². The zero-order valence-electron chi connectivity index (χ0n) is 15.5. The summed E-state index contributed by atoms with van der Waals surface area (Å²) in [5.41, 5.74) is 2.98. The number of benzene rings is 1. The smallest absolute Gasteiger partial charge is 0.191 e. The average molecular weight is 345 g/mol. The van der Waals surface area contributed by atoms with Crippen molar-refractivity contribution in [1.29, 1.82) is 0 Å². The Morgan fingerprint density at radius 3 is 2.80 bits per heavy atom. The van der Waals surface area contributed by atoms with Crippen LogP contribution in [-0.2, 0) is 17.7 Å². The standard InChI is InChI=1S/C20H32N4O/c1-21-20(22-10-4-14-25-16-17-7-8-17)23-11-13-24-12-9-18-5-2-3-6-19(18)15-24/h2-3,5-6,17H,4,7-16H2,1H3,(H2,21,22,23). The highest BCUT2D eigenvalue weighted by Gasteiger charge is 2.20. The maximum absolute atomic E-state index is 5.66. The lowest BCUT2D eigenvalue weighted by Crippen LogP contribution is -2.43. The molecule has 5 nitrogen and oxygen atoms in total. The molecular formula is C20H32N4O. The largest absolute Gasteiger partial charge is 0.381 e. The summed E-state index contributed by atoms with van der Waals surface area (Å²) in [5, 5.41) is 6.78. The van der Waals surface area contributed by atoms with Crippen LogP contribution in [0.2, 0.25) is 0 Å². The molecule has 1 aliphatic heterocycles. The predicted molar refractivity (Wildman–Crippen MR) is 103 cm³/mol. The summed E-state index contributed by atoms with van der Waals surface area (Å²) in [6.07, 6.45) is 4.90. The molecule has 0 atom stereocenters. The first-order valence-corrected chi connectivity index (χ1v) is 9.66. The topological polar surface area (TPSA) is 48.9 Å². The van der Waals surface area contributed by atoms with Crippen LogP contribution in [0.1, 0.15) is 30.4 Å². The molecule has 1 aromatic rings. The Hall–Kier alpha value is -1.59. The molecule has 2 N–H and O–H groups in total. The summed E-state index contributed by atoms with van der Waals surface area (Å²) in [7, 11) is 1.83. The van der Waals surface area contributed by atoms with E-state index < -0.39 is 0 Å². The van der Waals surface area contributed by atoms with Crippen LogP contribution in [0.25, 0.3) is 0 Å². The van der Waals surface area contributed by atoms with Crippen molar-refractivity contribution >= 4 is 5.96 Å². The fourth-order valence-corrected chi connectivity index (χ4v) is 3.21. The molecule has 25 heavy (non-hydrogen) atoms. The molecule has 0 spiro atoms. The molecule has 5 heteroatoms. The molecule has 0 aromatic heterocycles. The van der Waals surface area contributed by atoms with Crippen LogP contribution >= 0.6 is 0 Å². The van der Waals surface area contributed by atoms with Gasteiger partial charge in [-0.05, 0) is 42.7 Å². The highest BCUT2D eigenvalue weighted by molar-refractivity contribution is 5.79. The van der Waals surface area contributed by atoms with Gasteiger partial charge in [-0.1, -0.05) is 24.3 Å². The molecule has 0 saturated heterocycles. The summed E-state index contributed by atoms with van der Waals surface area (Å²) in [4.78, 5) is 6.81. The van der Waals surface area contributed by atoms with Gasteiger partial charge in [0.05, 0.1) is 0 Å². The minimum Gasteiger partial charge on any atom is -0.381 e. The lowest BCUT2D eigenvalue weighted by molar-refractivity contribution is 0.123. The van der Waals surface area contributed by atoms with Crippen molar-refractivity contribution in [2.75, 3.05) is 46.4 Å². The molecule has 1 aliphatic carbocycles. The van der Waals surface area contributed by atoms with E-state index in [2.05, 4.69) is 44.8 Å². The lowest BCUT2D eigenvalue weighted by Gasteiger charge is -2.28. The van der Waals surface area contributed by atoms with Crippen LogP contribution in [0.5, 0.6) is 0 Å². The molecule has 2 aliphatic rings. The van der Waals surface area contributed by atoms with Gasteiger partial charge in [-0.25, -0.2) is 0 Å². The second kappa shape index (κ2) is 9.78. The second-order valence-corrected chi connectivity index (χ2v) is 7.09. The Labute approximate surface area is 151 Å². The summed E-state index contributed by atoms with van der Waals surface area (Å²) in [6.45, 7) is 6.85. The van der Waals surface area contributed by atoms with Gasteiger partial charge in [0.1, 0.15) is 0 Å². The Morgan fingerprint density at radius 2 is 2.00 bits per heavy atom. The molecular weight excluding hydrogens is 312 g/mol. The zero-order chi connectivity index (χ0) is 17.3. The van der Waals surface area contributed by atoms with Crippen molar-refractivity contribution in [3.8, 4) is 0 Å². The van der Waals surface area contributed by atoms with E-state index in [0.29, 0.717) is 0 Å². The number of nitrogens with zero attached hydrogens (tertiary/aromatic N) is 2. The van der Waals surface area contributed by atoms with E-state index in [4.69, 9.17) is 4.74 Å². The number of nitrogens with one attached hydrogen (secondary N) is 2. The number of hydrogen-bond acceptors (Lipinski definition) is 3. The summed E-state index contributed by atoms with van der Waals surface area (Å²) >= 11 is 0. The predicted octanol–water partition coefficient (Wildman–Crippen LogP) is 2.03. The van der Waals surface area contributed by atoms with E-state index in [1.807, 2.05) is 7.05 Å². The average Bonchev–Trinajstić information content (AvgIpc) is 3.47. The number of guanidine groups is 1. The Morgan fingerprint density at radius 1 is 1.20 bits per heavy atom. The first-order valence-electron chi connectivity index (χ1n) is 9.66. The maximum atomic E-state index is 5.66. The van der Waals surface area contributed by atoms with Crippen molar-refractivity contribution in [2.45, 2.75) is 32.2 Å². The minimum absolute atomic E-state index is 0.841. The highest BCUT2D eigenvalue weighted by atomic mass is 16.5. The van der Waals surface area contributed by atoms with Gasteiger partial charge in [0.2, 0.25) is 0 Å². The van der Waals surface area contributed by atoms with Crippen molar-refractivity contribution in [3.05, 3.63) is 35.4 Å². The van der Waals surface area contributed by atoms with Crippen molar-refractivity contribution in [1.82, 2.24) is 15.5 Å². The lowest BCUT2D eigenvalue weighted by atomic mass is 10.00. The van der Waals surface area contributed by atoms with Gasteiger partial charge in [0, 0.05) is 53.0 Å². The third-order valence-electron chi connectivity index (χ3n) is 4.96. The monoisotopic (exact) mass is 344 g/mol. The second-order valence-electron chi connectivity index (χ2n) is 7.09. The Bertz CT molecular complexity index is 556. The highest BCUT2D eigenvalue weighted by Crippen LogP contribution is 2.28. The Balaban J connectivity index is 1.25. The molecule has 138 valence electrons. The summed E-state index contributed by atoms with van der Waals surface area (Å²) in [5.74, 6) is 1.74. The fraction of sp³-hybridized carbons (Fsp3) is 0.650. The van der Waals surface area contributed by atoms with E-state index >= 15 is 0 Å². The molecule has 0 radical (unpaired) electrons. The molecule has 1 aromatic carbocycles. The minimum atomic E-state index is 0.841. The quantitative estimate of drug-likeness (QED) is 0.409. The molecule has 1 saturated carbocycles. The molecule has 3 rings (SSSR count). The van der Waals surface area contributed by atoms with E-state index in [-0.39, 0.29) is 0 Å². The number of hydrogen-bond donors (Lipinski definition) is 2. The van der Waals surface area contributed by atoms with Crippen molar-refractivity contribution in [3.63, 3.8) is 0 Å². The summed E-state index contributed by atoms with van der Waals surface area (Å²) < 4.78 is 5.66.